The summed E-state index contributed by atoms with van der Waals surface area (Å²) in [5, 5.41) is 10.3. The maximum absolute atomic E-state index is 12.0. The molecule has 0 radical (unpaired) electrons. The highest BCUT2D eigenvalue weighted by atomic mass is 32.2. The van der Waals surface area contributed by atoms with E-state index in [1.54, 1.807) is 0 Å². The molecule has 0 aromatic carbocycles. The molecule has 1 aromatic rings. The molecule has 0 bridgehead atoms. The fourth-order valence-corrected chi connectivity index (χ4v) is 3.95. The minimum absolute atomic E-state index is 0.185. The van der Waals surface area contributed by atoms with Crippen LogP contribution in [0.25, 0.3) is 0 Å². The predicted molar refractivity (Wildman–Crippen MR) is 67.6 cm³/mol. The number of methoxy groups -OCH3 is 1. The molecule has 1 rings (SSSR count). The van der Waals surface area contributed by atoms with Crippen molar-refractivity contribution in [1.82, 2.24) is 4.72 Å². The van der Waals surface area contributed by atoms with Gasteiger partial charge in [0.25, 0.3) is 0 Å². The number of sulfonamides is 1. The number of thiophene rings is 1. The van der Waals surface area contributed by atoms with E-state index in [0.717, 1.165) is 11.3 Å². The maximum Gasteiger partial charge on any atom is 0.347 e. The average Bonchev–Trinajstić information content (AvgIpc) is 2.77. The first-order valence-corrected chi connectivity index (χ1v) is 7.60. The van der Waals surface area contributed by atoms with Crippen LogP contribution in [0.5, 0.6) is 0 Å². The van der Waals surface area contributed by atoms with Crippen molar-refractivity contribution in [2.24, 2.45) is 0 Å². The molecule has 0 saturated carbocycles. The molecule has 0 saturated heterocycles. The molecule has 0 spiro atoms. The van der Waals surface area contributed by atoms with Crippen molar-refractivity contribution >= 4 is 27.3 Å². The molecule has 6 nitrogen and oxygen atoms in total. The van der Waals surface area contributed by atoms with E-state index in [9.17, 15) is 13.2 Å². The Morgan fingerprint density at radius 1 is 1.61 bits per heavy atom. The number of ether oxygens (including phenoxy) is 1. The second kappa shape index (κ2) is 6.28. The van der Waals surface area contributed by atoms with Crippen molar-refractivity contribution in [2.75, 3.05) is 13.7 Å². The minimum atomic E-state index is -3.83. The van der Waals surface area contributed by atoms with Crippen molar-refractivity contribution in [2.45, 2.75) is 24.3 Å². The fraction of sp³-hybridized carbons (Fsp3) is 0.500. The lowest BCUT2D eigenvalue weighted by atomic mass is 10.3. The van der Waals surface area contributed by atoms with Gasteiger partial charge in [-0.15, -0.1) is 11.3 Å². The van der Waals surface area contributed by atoms with E-state index in [4.69, 9.17) is 9.84 Å². The summed E-state index contributed by atoms with van der Waals surface area (Å²) in [6.45, 7) is 2.06. The summed E-state index contributed by atoms with van der Waals surface area (Å²) in [6.07, 6.45) is 0.555. The molecule has 18 heavy (non-hydrogen) atoms. The molecule has 0 fully saturated rings. The van der Waals surface area contributed by atoms with Crippen LogP contribution in [-0.4, -0.2) is 39.3 Å². The summed E-state index contributed by atoms with van der Waals surface area (Å²) >= 11 is 0.883. The summed E-state index contributed by atoms with van der Waals surface area (Å²) in [5.41, 5.74) is 0. The second-order valence-corrected chi connectivity index (χ2v) is 6.20. The van der Waals surface area contributed by atoms with Gasteiger partial charge in [0.05, 0.1) is 6.61 Å². The fourth-order valence-electron chi connectivity index (χ4n) is 1.38. The third-order valence-electron chi connectivity index (χ3n) is 2.30. The highest BCUT2D eigenvalue weighted by molar-refractivity contribution is 7.89. The summed E-state index contributed by atoms with van der Waals surface area (Å²) in [7, 11) is -2.35. The van der Waals surface area contributed by atoms with Gasteiger partial charge < -0.3 is 9.84 Å². The van der Waals surface area contributed by atoms with Crippen LogP contribution >= 0.6 is 11.3 Å². The van der Waals surface area contributed by atoms with Gasteiger partial charge in [0.1, 0.15) is 9.77 Å². The van der Waals surface area contributed by atoms with Crippen LogP contribution in [0.1, 0.15) is 23.0 Å². The first kappa shape index (κ1) is 15.1. The zero-order valence-electron chi connectivity index (χ0n) is 10.0. The van der Waals surface area contributed by atoms with Crippen molar-refractivity contribution in [1.29, 1.82) is 0 Å². The third-order valence-corrected chi connectivity index (χ3v) is 4.89. The normalized spacial score (nSPS) is 13.4. The zero-order valence-corrected chi connectivity index (χ0v) is 11.7. The van der Waals surface area contributed by atoms with Gasteiger partial charge in [-0.05, 0) is 17.9 Å². The van der Waals surface area contributed by atoms with Crippen molar-refractivity contribution < 1.29 is 23.1 Å². The van der Waals surface area contributed by atoms with E-state index in [2.05, 4.69) is 4.72 Å². The van der Waals surface area contributed by atoms with Crippen LogP contribution in [-0.2, 0) is 14.8 Å². The summed E-state index contributed by atoms with van der Waals surface area (Å²) in [6, 6.07) is 0.914. The van der Waals surface area contributed by atoms with E-state index < -0.39 is 16.0 Å². The SMILES string of the molecule is CCC(COC)NS(=O)(=O)c1ccsc1C(=O)O. The molecule has 102 valence electrons. The predicted octanol–water partition coefficient (Wildman–Crippen LogP) is 1.15. The Bertz CT molecular complexity index is 508. The van der Waals surface area contributed by atoms with Crippen molar-refractivity contribution in [3.63, 3.8) is 0 Å². The number of carboxylic acids is 1. The molecular formula is C10H15NO5S2. The number of hydrogen-bond donors (Lipinski definition) is 2. The van der Waals surface area contributed by atoms with Crippen LogP contribution in [0.3, 0.4) is 0 Å². The Labute approximate surface area is 110 Å². The first-order valence-electron chi connectivity index (χ1n) is 5.24. The number of aromatic carboxylic acids is 1. The molecule has 1 heterocycles. The molecule has 0 aliphatic carbocycles. The number of carbonyl (C=O) groups is 1. The Kier molecular flexibility index (Phi) is 5.27. The van der Waals surface area contributed by atoms with Crippen LogP contribution in [0, 0.1) is 0 Å². The Morgan fingerprint density at radius 3 is 2.78 bits per heavy atom. The highest BCUT2D eigenvalue weighted by Crippen LogP contribution is 2.22. The molecular weight excluding hydrogens is 278 g/mol. The van der Waals surface area contributed by atoms with Crippen molar-refractivity contribution in [3.05, 3.63) is 16.3 Å². The zero-order chi connectivity index (χ0) is 13.8. The van der Waals surface area contributed by atoms with Crippen LogP contribution in [0.4, 0.5) is 0 Å². The summed E-state index contributed by atoms with van der Waals surface area (Å²) in [4.78, 5) is 10.5. The van der Waals surface area contributed by atoms with E-state index in [1.165, 1.54) is 18.6 Å². The number of nitrogens with one attached hydrogen (secondary N) is 1. The van der Waals surface area contributed by atoms with Gasteiger partial charge in [0.15, 0.2) is 0 Å². The quantitative estimate of drug-likeness (QED) is 0.786. The van der Waals surface area contributed by atoms with Gasteiger partial charge >= 0.3 is 5.97 Å². The van der Waals surface area contributed by atoms with Gasteiger partial charge in [-0.1, -0.05) is 6.92 Å². The molecule has 0 aliphatic heterocycles. The summed E-state index contributed by atoms with van der Waals surface area (Å²) in [5.74, 6) is -1.25. The monoisotopic (exact) mass is 293 g/mol. The average molecular weight is 293 g/mol. The molecule has 1 unspecified atom stereocenters. The largest absolute Gasteiger partial charge is 0.477 e. The molecule has 2 N–H and O–H groups in total. The van der Waals surface area contributed by atoms with Gasteiger partial charge in [0, 0.05) is 13.2 Å². The van der Waals surface area contributed by atoms with E-state index >= 15 is 0 Å². The van der Waals surface area contributed by atoms with Gasteiger partial charge in [0.2, 0.25) is 10.0 Å². The topological polar surface area (TPSA) is 92.7 Å². The Morgan fingerprint density at radius 2 is 2.28 bits per heavy atom. The Balaban J connectivity index is 2.99. The van der Waals surface area contributed by atoms with E-state index in [1.807, 2.05) is 6.92 Å². The van der Waals surface area contributed by atoms with Crippen LogP contribution in [0.2, 0.25) is 0 Å². The highest BCUT2D eigenvalue weighted by Gasteiger charge is 2.25. The summed E-state index contributed by atoms with van der Waals surface area (Å²) < 4.78 is 31.4. The third kappa shape index (κ3) is 3.52. The lowest BCUT2D eigenvalue weighted by Crippen LogP contribution is -2.37. The molecule has 0 amide bonds. The Hall–Kier alpha value is -0.960. The van der Waals surface area contributed by atoms with E-state index in [-0.39, 0.29) is 22.4 Å². The molecule has 1 aromatic heterocycles. The van der Waals surface area contributed by atoms with Gasteiger partial charge in [-0.25, -0.2) is 17.9 Å². The lowest BCUT2D eigenvalue weighted by Gasteiger charge is -2.15. The van der Waals surface area contributed by atoms with Crippen molar-refractivity contribution in [3.8, 4) is 0 Å². The van der Waals surface area contributed by atoms with E-state index in [0.29, 0.717) is 6.42 Å². The van der Waals surface area contributed by atoms with Crippen LogP contribution in [0.15, 0.2) is 16.3 Å². The smallest absolute Gasteiger partial charge is 0.347 e. The molecule has 8 heteroatoms. The van der Waals surface area contributed by atoms with Gasteiger partial charge in [-0.2, -0.15) is 0 Å². The van der Waals surface area contributed by atoms with Gasteiger partial charge in [-0.3, -0.25) is 0 Å². The number of carboxylic acid groups (broad SMARTS) is 1. The standard InChI is InChI=1S/C10H15NO5S2/c1-3-7(6-16-2)11-18(14,15)8-4-5-17-9(8)10(12)13/h4-5,7,11H,3,6H2,1-2H3,(H,12,13). The number of hydrogen-bond acceptors (Lipinski definition) is 5. The maximum atomic E-state index is 12.0. The second-order valence-electron chi connectivity index (χ2n) is 3.60. The molecule has 0 aliphatic rings. The minimum Gasteiger partial charge on any atom is -0.477 e. The molecule has 1 atom stereocenters. The lowest BCUT2D eigenvalue weighted by molar-refractivity contribution is 0.0698. The first-order chi connectivity index (χ1) is 8.42. The number of rotatable bonds is 7. The van der Waals surface area contributed by atoms with Crippen LogP contribution < -0.4 is 4.72 Å².